The molecule has 0 aliphatic heterocycles. The minimum Gasteiger partial charge on any atom is -0.348 e. The Hall–Kier alpha value is -2.66. The number of nitrogens with one attached hydrogen (secondary N) is 3. The van der Waals surface area contributed by atoms with Crippen molar-refractivity contribution in [3.8, 4) is 0 Å². The normalized spacial score (nSPS) is 14.6. The highest BCUT2D eigenvalue weighted by molar-refractivity contribution is 6.04. The maximum absolute atomic E-state index is 12.2. The lowest BCUT2D eigenvalue weighted by molar-refractivity contribution is -0.885. The van der Waals surface area contributed by atoms with Gasteiger partial charge in [0, 0.05) is 22.9 Å². The Morgan fingerprint density at radius 1 is 1.04 bits per heavy atom. The van der Waals surface area contributed by atoms with Crippen LogP contribution < -0.4 is 15.5 Å². The van der Waals surface area contributed by atoms with E-state index in [0.717, 1.165) is 35.5 Å². The fourth-order valence-corrected chi connectivity index (χ4v) is 2.69. The van der Waals surface area contributed by atoms with Gasteiger partial charge in [-0.25, -0.2) is 0 Å². The Bertz CT molecular complexity index is 724. The van der Waals surface area contributed by atoms with Crippen LogP contribution in [-0.4, -0.2) is 31.4 Å². The van der Waals surface area contributed by atoms with Crippen molar-refractivity contribution in [2.24, 2.45) is 0 Å². The van der Waals surface area contributed by atoms with E-state index in [1.807, 2.05) is 61.6 Å². The summed E-state index contributed by atoms with van der Waals surface area (Å²) in [4.78, 5) is 25.2. The van der Waals surface area contributed by atoms with E-state index in [4.69, 9.17) is 0 Å². The molecule has 0 bridgehead atoms. The summed E-state index contributed by atoms with van der Waals surface area (Å²) in [6.07, 6.45) is 2.22. The summed E-state index contributed by atoms with van der Waals surface area (Å²) in [5, 5.41) is 5.88. The zero-order chi connectivity index (χ0) is 17.6. The monoisotopic (exact) mass is 338 g/mol. The smallest absolute Gasteiger partial charge is 0.275 e. The minimum absolute atomic E-state index is 0.110. The molecule has 5 heteroatoms. The van der Waals surface area contributed by atoms with E-state index in [2.05, 4.69) is 10.6 Å². The van der Waals surface area contributed by atoms with Crippen molar-refractivity contribution in [3.63, 3.8) is 0 Å². The number of anilines is 1. The van der Waals surface area contributed by atoms with Crippen molar-refractivity contribution in [1.82, 2.24) is 5.32 Å². The molecule has 130 valence electrons. The molecule has 2 aromatic carbocycles. The molecule has 3 N–H and O–H groups in total. The van der Waals surface area contributed by atoms with Gasteiger partial charge in [-0.1, -0.05) is 30.3 Å². The zero-order valence-electron chi connectivity index (χ0n) is 14.4. The maximum atomic E-state index is 12.2. The summed E-state index contributed by atoms with van der Waals surface area (Å²) in [6.45, 7) is 1.21. The zero-order valence-corrected chi connectivity index (χ0v) is 14.4. The van der Waals surface area contributed by atoms with E-state index in [1.165, 1.54) is 0 Å². The van der Waals surface area contributed by atoms with E-state index in [0.29, 0.717) is 18.2 Å². The highest BCUT2D eigenvalue weighted by Crippen LogP contribution is 2.18. The number of hydrogen-bond acceptors (Lipinski definition) is 2. The molecule has 2 aromatic rings. The number of para-hydroxylation sites is 1. The molecule has 3 rings (SSSR count). The molecule has 1 saturated carbocycles. The number of quaternary nitrogens is 1. The van der Waals surface area contributed by atoms with E-state index in [1.54, 1.807) is 0 Å². The molecule has 0 heterocycles. The summed E-state index contributed by atoms with van der Waals surface area (Å²) in [5.41, 5.74) is 2.51. The first-order valence-electron chi connectivity index (χ1n) is 8.66. The van der Waals surface area contributed by atoms with Crippen LogP contribution in [0, 0.1) is 0 Å². The molecule has 0 spiro atoms. The predicted octanol–water partition coefficient (Wildman–Crippen LogP) is 1.23. The Balaban J connectivity index is 1.50. The van der Waals surface area contributed by atoms with Crippen LogP contribution in [-0.2, 0) is 11.3 Å². The third-order valence-electron chi connectivity index (χ3n) is 4.16. The highest BCUT2D eigenvalue weighted by atomic mass is 16.2. The second-order valence-corrected chi connectivity index (χ2v) is 6.67. The number of amides is 2. The van der Waals surface area contributed by atoms with Crippen molar-refractivity contribution in [1.29, 1.82) is 0 Å². The van der Waals surface area contributed by atoms with Gasteiger partial charge < -0.3 is 15.5 Å². The topological polar surface area (TPSA) is 62.6 Å². The average Bonchev–Trinajstić information content (AvgIpc) is 3.40. The number of rotatable bonds is 7. The lowest BCUT2D eigenvalue weighted by Gasteiger charge is -2.14. The first-order chi connectivity index (χ1) is 12.1. The molecular formula is C20H24N3O2+. The molecule has 1 unspecified atom stereocenters. The molecule has 5 nitrogen and oxygen atoms in total. The molecule has 1 aliphatic rings. The van der Waals surface area contributed by atoms with Gasteiger partial charge in [-0.15, -0.1) is 0 Å². The van der Waals surface area contributed by atoms with Crippen LogP contribution in [0.2, 0.25) is 0 Å². The molecule has 0 aromatic heterocycles. The van der Waals surface area contributed by atoms with Gasteiger partial charge in [0.15, 0.2) is 6.54 Å². The largest absolute Gasteiger partial charge is 0.348 e. The lowest BCUT2D eigenvalue weighted by Crippen LogP contribution is -3.08. The number of likely N-dealkylation sites (N-methyl/N-ethyl adjacent to an activating group) is 1. The van der Waals surface area contributed by atoms with Gasteiger partial charge >= 0.3 is 0 Å². The summed E-state index contributed by atoms with van der Waals surface area (Å²) >= 11 is 0. The van der Waals surface area contributed by atoms with Crippen LogP contribution in [0.5, 0.6) is 0 Å². The second-order valence-electron chi connectivity index (χ2n) is 6.67. The molecule has 25 heavy (non-hydrogen) atoms. The molecule has 0 radical (unpaired) electrons. The third kappa shape index (κ3) is 5.43. The van der Waals surface area contributed by atoms with Gasteiger partial charge in [-0.2, -0.15) is 0 Å². The maximum Gasteiger partial charge on any atom is 0.275 e. The lowest BCUT2D eigenvalue weighted by atomic mass is 10.1. The number of carbonyl (C=O) groups excluding carboxylic acids is 2. The van der Waals surface area contributed by atoms with Gasteiger partial charge in [0.1, 0.15) is 6.54 Å². The van der Waals surface area contributed by atoms with Crippen molar-refractivity contribution in [2.75, 3.05) is 18.9 Å². The quantitative estimate of drug-likeness (QED) is 0.711. The number of benzene rings is 2. The van der Waals surface area contributed by atoms with Gasteiger partial charge in [-0.3, -0.25) is 9.59 Å². The fraction of sp³-hybridized carbons (Fsp3) is 0.300. The molecule has 1 aliphatic carbocycles. The van der Waals surface area contributed by atoms with Crippen molar-refractivity contribution in [3.05, 3.63) is 65.7 Å². The molecule has 1 fully saturated rings. The van der Waals surface area contributed by atoms with E-state index in [9.17, 15) is 9.59 Å². The van der Waals surface area contributed by atoms with Crippen LogP contribution in [0.15, 0.2) is 54.6 Å². The highest BCUT2D eigenvalue weighted by Gasteiger charge is 2.24. The number of hydrogen-bond donors (Lipinski definition) is 3. The van der Waals surface area contributed by atoms with Gasteiger partial charge in [0.2, 0.25) is 0 Å². The van der Waals surface area contributed by atoms with Crippen LogP contribution in [0.25, 0.3) is 0 Å². The van der Waals surface area contributed by atoms with Crippen LogP contribution in [0.3, 0.4) is 0 Å². The van der Waals surface area contributed by atoms with E-state index >= 15 is 0 Å². The first kappa shape index (κ1) is 17.2. The number of carbonyl (C=O) groups is 2. The molecular weight excluding hydrogens is 314 g/mol. The Morgan fingerprint density at radius 3 is 2.36 bits per heavy atom. The summed E-state index contributed by atoms with van der Waals surface area (Å²) in [6, 6.07) is 17.3. The SMILES string of the molecule is C[NH+](CC(=O)NC1CC1)Cc1ccc(C(=O)Nc2ccccc2)cc1. The average molecular weight is 338 g/mol. The standard InChI is InChI=1S/C20H23N3O2/c1-23(14-19(24)21-18-11-12-18)13-15-7-9-16(10-8-15)20(25)22-17-5-3-2-4-6-17/h2-10,18H,11-14H2,1H3,(H,21,24)(H,22,25)/p+1. The summed E-state index contributed by atoms with van der Waals surface area (Å²) in [5.74, 6) is -0.0129. The van der Waals surface area contributed by atoms with Gasteiger partial charge in [-0.05, 0) is 37.1 Å². The van der Waals surface area contributed by atoms with Gasteiger partial charge in [0.05, 0.1) is 7.05 Å². The van der Waals surface area contributed by atoms with Crippen molar-refractivity contribution >= 4 is 17.5 Å². The van der Waals surface area contributed by atoms with Crippen LogP contribution in [0.1, 0.15) is 28.8 Å². The van der Waals surface area contributed by atoms with Crippen molar-refractivity contribution < 1.29 is 14.5 Å². The molecule has 1 atom stereocenters. The Kier molecular flexibility index (Phi) is 5.46. The van der Waals surface area contributed by atoms with E-state index < -0.39 is 0 Å². The van der Waals surface area contributed by atoms with Gasteiger partial charge in [0.25, 0.3) is 11.8 Å². The first-order valence-corrected chi connectivity index (χ1v) is 8.66. The third-order valence-corrected chi connectivity index (χ3v) is 4.16. The van der Waals surface area contributed by atoms with Crippen LogP contribution in [0.4, 0.5) is 5.69 Å². The second kappa shape index (κ2) is 7.94. The van der Waals surface area contributed by atoms with Crippen LogP contribution >= 0.6 is 0 Å². The van der Waals surface area contributed by atoms with Crippen molar-refractivity contribution in [2.45, 2.75) is 25.4 Å². The fourth-order valence-electron chi connectivity index (χ4n) is 2.69. The Morgan fingerprint density at radius 2 is 1.72 bits per heavy atom. The summed E-state index contributed by atoms with van der Waals surface area (Å²) in [7, 11) is 2.00. The van der Waals surface area contributed by atoms with E-state index in [-0.39, 0.29) is 11.8 Å². The summed E-state index contributed by atoms with van der Waals surface area (Å²) < 4.78 is 0. The minimum atomic E-state index is -0.123. The molecule has 0 saturated heterocycles. The Labute approximate surface area is 148 Å². The molecule has 2 amide bonds. The predicted molar refractivity (Wildman–Crippen MR) is 97.5 cm³/mol.